The first-order valence-electron chi connectivity index (χ1n) is 7.63. The van der Waals surface area contributed by atoms with Gasteiger partial charge in [-0.25, -0.2) is 0 Å². The molecule has 1 aromatic rings. The molecule has 1 amide bonds. The van der Waals surface area contributed by atoms with Crippen molar-refractivity contribution < 1.29 is 9.53 Å². The lowest BCUT2D eigenvalue weighted by atomic mass is 10.0. The van der Waals surface area contributed by atoms with Crippen molar-refractivity contribution in [3.05, 3.63) is 29.8 Å². The van der Waals surface area contributed by atoms with Gasteiger partial charge in [-0.05, 0) is 56.9 Å². The smallest absolute Gasteiger partial charge is 0.246 e. The minimum absolute atomic E-state index is 0.0784. The number of hydrogen-bond acceptors (Lipinski definition) is 3. The van der Waals surface area contributed by atoms with Crippen molar-refractivity contribution in [3.8, 4) is 5.75 Å². The van der Waals surface area contributed by atoms with Crippen LogP contribution in [0.15, 0.2) is 24.3 Å². The molecular weight excluding hydrogens is 264 g/mol. The molecule has 0 aromatic heterocycles. The first-order valence-corrected chi connectivity index (χ1v) is 7.63. The topological polar surface area (TPSA) is 55.6 Å². The third-order valence-corrected chi connectivity index (χ3v) is 3.84. The number of rotatable bonds is 4. The van der Waals surface area contributed by atoms with Gasteiger partial charge in [0.15, 0.2) is 0 Å². The van der Waals surface area contributed by atoms with E-state index in [1.54, 1.807) is 6.08 Å². The molecule has 1 atom stereocenters. The maximum Gasteiger partial charge on any atom is 0.246 e. The number of nitrogens with two attached hydrogens (primary N) is 1. The van der Waals surface area contributed by atoms with Gasteiger partial charge in [-0.15, -0.1) is 0 Å². The second-order valence-corrected chi connectivity index (χ2v) is 5.44. The van der Waals surface area contributed by atoms with E-state index in [-0.39, 0.29) is 5.91 Å². The van der Waals surface area contributed by atoms with Gasteiger partial charge in [0.05, 0.1) is 12.3 Å². The van der Waals surface area contributed by atoms with Crippen molar-refractivity contribution in [2.75, 3.05) is 18.9 Å². The average molecular weight is 288 g/mol. The fraction of sp³-hybridized carbons (Fsp3) is 0.471. The van der Waals surface area contributed by atoms with E-state index in [1.165, 1.54) is 6.42 Å². The number of carbonyl (C=O) groups excluding carboxylic acids is 1. The normalized spacial score (nSPS) is 19.0. The molecule has 114 valence electrons. The number of amides is 1. The summed E-state index contributed by atoms with van der Waals surface area (Å²) in [6, 6.07) is 5.91. The predicted octanol–water partition coefficient (Wildman–Crippen LogP) is 3.08. The lowest BCUT2D eigenvalue weighted by Crippen LogP contribution is -2.41. The quantitative estimate of drug-likeness (QED) is 0.684. The molecule has 4 nitrogen and oxygen atoms in total. The van der Waals surface area contributed by atoms with E-state index in [4.69, 9.17) is 10.5 Å². The Kier molecular flexibility index (Phi) is 5.26. The van der Waals surface area contributed by atoms with Crippen molar-refractivity contribution in [2.45, 2.75) is 39.2 Å². The van der Waals surface area contributed by atoms with E-state index in [1.807, 2.05) is 36.1 Å². The molecule has 0 bridgehead atoms. The zero-order valence-electron chi connectivity index (χ0n) is 12.8. The second-order valence-electron chi connectivity index (χ2n) is 5.44. The van der Waals surface area contributed by atoms with Gasteiger partial charge in [0.25, 0.3) is 0 Å². The summed E-state index contributed by atoms with van der Waals surface area (Å²) in [6.07, 6.45) is 6.85. The number of piperidine rings is 1. The van der Waals surface area contributed by atoms with Crippen LogP contribution < -0.4 is 10.5 Å². The molecule has 4 heteroatoms. The summed E-state index contributed by atoms with van der Waals surface area (Å²) in [5, 5.41) is 0. The first-order chi connectivity index (χ1) is 10.1. The molecule has 1 aromatic carbocycles. The highest BCUT2D eigenvalue weighted by Gasteiger charge is 2.21. The maximum atomic E-state index is 12.2. The van der Waals surface area contributed by atoms with Crippen molar-refractivity contribution in [1.82, 2.24) is 4.90 Å². The second kappa shape index (κ2) is 7.16. The number of carbonyl (C=O) groups is 1. The monoisotopic (exact) mass is 288 g/mol. The Balaban J connectivity index is 2.03. The third-order valence-electron chi connectivity index (χ3n) is 3.84. The summed E-state index contributed by atoms with van der Waals surface area (Å²) in [7, 11) is 0. The van der Waals surface area contributed by atoms with Crippen molar-refractivity contribution in [1.29, 1.82) is 0 Å². The highest BCUT2D eigenvalue weighted by molar-refractivity contribution is 5.92. The van der Waals surface area contributed by atoms with Crippen LogP contribution in [-0.2, 0) is 4.79 Å². The molecule has 1 aliphatic rings. The summed E-state index contributed by atoms with van der Waals surface area (Å²) < 4.78 is 5.40. The Morgan fingerprint density at radius 2 is 2.29 bits per heavy atom. The van der Waals surface area contributed by atoms with Gasteiger partial charge in [-0.2, -0.15) is 0 Å². The molecule has 2 rings (SSSR count). The molecule has 0 saturated carbocycles. The molecule has 1 unspecified atom stereocenters. The van der Waals surface area contributed by atoms with Crippen LogP contribution in [0.25, 0.3) is 6.08 Å². The number of nitrogens with zero attached hydrogens (tertiary/aromatic N) is 1. The highest BCUT2D eigenvalue weighted by Crippen LogP contribution is 2.23. The Bertz CT molecular complexity index is 526. The van der Waals surface area contributed by atoms with Crippen LogP contribution in [0.1, 0.15) is 38.7 Å². The van der Waals surface area contributed by atoms with Crippen LogP contribution in [-0.4, -0.2) is 30.0 Å². The molecule has 1 heterocycles. The SMILES string of the molecule is CCOc1ccc(/C=C\C(=O)N2CCCCC2C)cc1N. The Labute approximate surface area is 126 Å². The van der Waals surface area contributed by atoms with Crippen molar-refractivity contribution in [3.63, 3.8) is 0 Å². The van der Waals surface area contributed by atoms with Crippen LogP contribution in [0.4, 0.5) is 5.69 Å². The Morgan fingerprint density at radius 3 is 2.95 bits per heavy atom. The number of nitrogen functional groups attached to an aromatic ring is 1. The van der Waals surface area contributed by atoms with Crippen LogP contribution in [0, 0.1) is 0 Å². The first kappa shape index (κ1) is 15.4. The van der Waals surface area contributed by atoms with E-state index in [2.05, 4.69) is 6.92 Å². The van der Waals surface area contributed by atoms with E-state index >= 15 is 0 Å². The zero-order chi connectivity index (χ0) is 15.2. The predicted molar refractivity (Wildman–Crippen MR) is 86.1 cm³/mol. The van der Waals surface area contributed by atoms with Crippen LogP contribution in [0.3, 0.4) is 0 Å². The van der Waals surface area contributed by atoms with Gasteiger partial charge in [0, 0.05) is 18.7 Å². The largest absolute Gasteiger partial charge is 0.492 e. The van der Waals surface area contributed by atoms with Gasteiger partial charge in [-0.1, -0.05) is 6.07 Å². The van der Waals surface area contributed by atoms with E-state index in [0.717, 1.165) is 24.9 Å². The number of ether oxygens (including phenoxy) is 1. The molecule has 0 aliphatic carbocycles. The minimum atomic E-state index is 0.0784. The van der Waals surface area contributed by atoms with Crippen molar-refractivity contribution in [2.24, 2.45) is 0 Å². The van der Waals surface area contributed by atoms with Gasteiger partial charge in [0.2, 0.25) is 5.91 Å². The molecule has 21 heavy (non-hydrogen) atoms. The van der Waals surface area contributed by atoms with Crippen LogP contribution in [0.5, 0.6) is 5.75 Å². The lowest BCUT2D eigenvalue weighted by molar-refractivity contribution is -0.129. The molecule has 1 aliphatic heterocycles. The molecule has 2 N–H and O–H groups in total. The fourth-order valence-electron chi connectivity index (χ4n) is 2.65. The number of benzene rings is 1. The molecule has 0 spiro atoms. The summed E-state index contributed by atoms with van der Waals surface area (Å²) in [6.45, 7) is 5.48. The number of hydrogen-bond donors (Lipinski definition) is 1. The summed E-state index contributed by atoms with van der Waals surface area (Å²) in [5.41, 5.74) is 7.43. The molecular formula is C17H24N2O2. The average Bonchev–Trinajstić information content (AvgIpc) is 2.48. The third kappa shape index (κ3) is 4.00. The van der Waals surface area contributed by atoms with Gasteiger partial charge >= 0.3 is 0 Å². The zero-order valence-corrected chi connectivity index (χ0v) is 12.8. The number of anilines is 1. The van der Waals surface area contributed by atoms with E-state index < -0.39 is 0 Å². The fourth-order valence-corrected chi connectivity index (χ4v) is 2.65. The van der Waals surface area contributed by atoms with Gasteiger partial charge in [0.1, 0.15) is 5.75 Å². The standard InChI is InChI=1S/C17H24N2O2/c1-3-21-16-9-7-14(12-15(16)18)8-10-17(20)19-11-5-4-6-13(19)2/h7-10,12-13H,3-6,11,18H2,1-2H3/b10-8-. The van der Waals surface area contributed by atoms with Crippen molar-refractivity contribution >= 4 is 17.7 Å². The van der Waals surface area contributed by atoms with Gasteiger partial charge in [-0.3, -0.25) is 4.79 Å². The van der Waals surface area contributed by atoms with Gasteiger partial charge < -0.3 is 15.4 Å². The summed E-state index contributed by atoms with van der Waals surface area (Å²) >= 11 is 0. The lowest BCUT2D eigenvalue weighted by Gasteiger charge is -2.32. The highest BCUT2D eigenvalue weighted by atomic mass is 16.5. The molecule has 0 radical (unpaired) electrons. The maximum absolute atomic E-state index is 12.2. The Hall–Kier alpha value is -1.97. The van der Waals surface area contributed by atoms with Crippen LogP contribution >= 0.6 is 0 Å². The minimum Gasteiger partial charge on any atom is -0.492 e. The Morgan fingerprint density at radius 1 is 1.48 bits per heavy atom. The van der Waals surface area contributed by atoms with E-state index in [0.29, 0.717) is 24.1 Å². The van der Waals surface area contributed by atoms with E-state index in [9.17, 15) is 4.79 Å². The summed E-state index contributed by atoms with van der Waals surface area (Å²) in [5.74, 6) is 0.764. The molecule has 1 fully saturated rings. The summed E-state index contributed by atoms with van der Waals surface area (Å²) in [4.78, 5) is 14.2. The number of likely N-dealkylation sites (tertiary alicyclic amines) is 1. The molecule has 1 saturated heterocycles. The van der Waals surface area contributed by atoms with Crippen LogP contribution in [0.2, 0.25) is 0 Å².